The molecule has 0 bridgehead atoms. The predicted octanol–water partition coefficient (Wildman–Crippen LogP) is 2.35. The number of amides is 2. The number of urea groups is 1. The Morgan fingerprint density at radius 2 is 2.13 bits per heavy atom. The van der Waals surface area contributed by atoms with Gasteiger partial charge in [-0.3, -0.25) is 0 Å². The second-order valence-electron chi connectivity index (χ2n) is 4.84. The van der Waals surface area contributed by atoms with Crippen molar-refractivity contribution in [3.8, 4) is 11.5 Å². The van der Waals surface area contributed by atoms with Crippen LogP contribution in [-0.4, -0.2) is 30.8 Å². The van der Waals surface area contributed by atoms with Gasteiger partial charge in [-0.1, -0.05) is 0 Å². The molecule has 1 aliphatic heterocycles. The molecule has 0 aliphatic carbocycles. The summed E-state index contributed by atoms with van der Waals surface area (Å²) >= 11 is 3.23. The number of phenolic OH excluding ortho intramolecular Hbond substituents is 1. The third-order valence-electron chi connectivity index (χ3n) is 3.37. The first-order valence-corrected chi connectivity index (χ1v) is 7.70. The highest BCUT2D eigenvalue weighted by Crippen LogP contribution is 2.39. The highest BCUT2D eigenvalue weighted by Gasteiger charge is 2.33. The number of phenols is 1. The van der Waals surface area contributed by atoms with E-state index in [0.29, 0.717) is 21.3 Å². The van der Waals surface area contributed by atoms with Crippen LogP contribution < -0.4 is 15.4 Å². The number of hydrogen-bond donors (Lipinski definition) is 3. The maximum atomic E-state index is 12.2. The van der Waals surface area contributed by atoms with Crippen molar-refractivity contribution in [2.75, 3.05) is 13.7 Å². The van der Waals surface area contributed by atoms with Crippen LogP contribution in [0.4, 0.5) is 4.79 Å². The summed E-state index contributed by atoms with van der Waals surface area (Å²) in [6.07, 6.45) is 0. The van der Waals surface area contributed by atoms with Gasteiger partial charge >= 0.3 is 12.0 Å². The lowest BCUT2D eigenvalue weighted by atomic mass is 9.95. The molecular weight excluding hydrogens is 368 g/mol. The van der Waals surface area contributed by atoms with E-state index < -0.39 is 18.0 Å². The molecular formula is C15H17BrN2O5. The molecule has 3 N–H and O–H groups in total. The molecule has 0 fully saturated rings. The zero-order valence-electron chi connectivity index (χ0n) is 12.9. The molecule has 1 atom stereocenters. The first-order valence-electron chi connectivity index (χ1n) is 6.90. The van der Waals surface area contributed by atoms with Crippen LogP contribution in [0, 0.1) is 0 Å². The molecule has 1 aromatic rings. The van der Waals surface area contributed by atoms with Crippen molar-refractivity contribution in [1.82, 2.24) is 10.6 Å². The Balaban J connectivity index is 2.54. The maximum absolute atomic E-state index is 12.2. The van der Waals surface area contributed by atoms with Gasteiger partial charge in [0, 0.05) is 5.70 Å². The van der Waals surface area contributed by atoms with E-state index in [9.17, 15) is 14.7 Å². The Hall–Kier alpha value is -2.22. The van der Waals surface area contributed by atoms with Crippen molar-refractivity contribution < 1.29 is 24.2 Å². The van der Waals surface area contributed by atoms with Crippen molar-refractivity contribution in [3.05, 3.63) is 33.4 Å². The summed E-state index contributed by atoms with van der Waals surface area (Å²) in [5.41, 5.74) is 1.29. The average molecular weight is 385 g/mol. The van der Waals surface area contributed by atoms with Crippen LogP contribution in [0.15, 0.2) is 27.9 Å². The number of rotatable bonds is 4. The third kappa shape index (κ3) is 3.42. The van der Waals surface area contributed by atoms with Gasteiger partial charge in [-0.2, -0.15) is 0 Å². The molecule has 1 heterocycles. The molecule has 0 aromatic heterocycles. The predicted molar refractivity (Wildman–Crippen MR) is 86.1 cm³/mol. The minimum absolute atomic E-state index is 0.0603. The fourth-order valence-electron chi connectivity index (χ4n) is 2.34. The van der Waals surface area contributed by atoms with Crippen LogP contribution in [-0.2, 0) is 9.53 Å². The van der Waals surface area contributed by atoms with Gasteiger partial charge in [0.25, 0.3) is 0 Å². The number of hydrogen-bond acceptors (Lipinski definition) is 5. The molecule has 0 saturated heterocycles. The molecule has 1 aromatic carbocycles. The number of benzene rings is 1. The molecule has 0 saturated carbocycles. The van der Waals surface area contributed by atoms with Crippen molar-refractivity contribution in [1.29, 1.82) is 0 Å². The summed E-state index contributed by atoms with van der Waals surface area (Å²) in [6, 6.07) is 2.03. The Bertz CT molecular complexity index is 687. The first kappa shape index (κ1) is 17.1. The number of halogens is 1. The van der Waals surface area contributed by atoms with Crippen LogP contribution in [0.5, 0.6) is 11.5 Å². The Labute approximate surface area is 141 Å². The Morgan fingerprint density at radius 3 is 2.74 bits per heavy atom. The van der Waals surface area contributed by atoms with Crippen molar-refractivity contribution in [3.63, 3.8) is 0 Å². The zero-order chi connectivity index (χ0) is 17.1. The first-order chi connectivity index (χ1) is 10.9. The van der Waals surface area contributed by atoms with E-state index in [2.05, 4.69) is 26.6 Å². The second kappa shape index (κ2) is 6.91. The number of nitrogens with one attached hydrogen (secondary N) is 2. The van der Waals surface area contributed by atoms with Gasteiger partial charge in [-0.25, -0.2) is 9.59 Å². The van der Waals surface area contributed by atoms with Gasteiger partial charge in [0.1, 0.15) is 0 Å². The van der Waals surface area contributed by atoms with Crippen LogP contribution in [0.1, 0.15) is 25.5 Å². The normalized spacial score (nSPS) is 17.4. The van der Waals surface area contributed by atoms with Gasteiger partial charge in [0.2, 0.25) is 0 Å². The average Bonchev–Trinajstić information content (AvgIpc) is 2.49. The number of carbonyl (C=O) groups is 2. The van der Waals surface area contributed by atoms with Crippen molar-refractivity contribution >= 4 is 27.9 Å². The summed E-state index contributed by atoms with van der Waals surface area (Å²) in [5.74, 6) is -0.358. The quantitative estimate of drug-likeness (QED) is 0.692. The molecule has 8 heteroatoms. The highest BCUT2D eigenvalue weighted by molar-refractivity contribution is 9.10. The van der Waals surface area contributed by atoms with Gasteiger partial charge in [0.05, 0.1) is 29.8 Å². The molecule has 0 unspecified atom stereocenters. The van der Waals surface area contributed by atoms with Crippen LogP contribution in [0.3, 0.4) is 0 Å². The summed E-state index contributed by atoms with van der Waals surface area (Å²) in [6.45, 7) is 3.56. The van der Waals surface area contributed by atoms with Gasteiger partial charge in [-0.05, 0) is 47.5 Å². The molecule has 0 radical (unpaired) electrons. The lowest BCUT2D eigenvalue weighted by Gasteiger charge is -2.28. The molecule has 2 amide bonds. The molecule has 1 aliphatic rings. The smallest absolute Gasteiger partial charge is 0.338 e. The standard InChI is InChI=1S/C15H17BrN2O5/c1-4-23-14(20)11-7(2)17-15(21)18-12(11)8-5-9(16)13(19)10(6-8)22-3/h5-6,12,19H,4H2,1-3H3,(H2,17,18,21)/t12-/m0/s1. The largest absolute Gasteiger partial charge is 0.503 e. The number of carbonyl (C=O) groups excluding carboxylic acids is 2. The zero-order valence-corrected chi connectivity index (χ0v) is 14.5. The minimum Gasteiger partial charge on any atom is -0.503 e. The summed E-state index contributed by atoms with van der Waals surface area (Å²) in [4.78, 5) is 24.0. The number of ether oxygens (including phenoxy) is 2. The van der Waals surface area contributed by atoms with Gasteiger partial charge < -0.3 is 25.2 Å². The minimum atomic E-state index is -0.714. The summed E-state index contributed by atoms with van der Waals surface area (Å²) in [7, 11) is 1.42. The highest BCUT2D eigenvalue weighted by atomic mass is 79.9. The lowest BCUT2D eigenvalue weighted by Crippen LogP contribution is -2.45. The van der Waals surface area contributed by atoms with E-state index in [1.807, 2.05) is 0 Å². The SMILES string of the molecule is CCOC(=O)C1=C(C)NC(=O)N[C@H]1c1cc(Br)c(O)c(OC)c1. The third-order valence-corrected chi connectivity index (χ3v) is 3.97. The molecule has 7 nitrogen and oxygen atoms in total. The monoisotopic (exact) mass is 384 g/mol. The topological polar surface area (TPSA) is 96.9 Å². The van der Waals surface area contributed by atoms with Gasteiger partial charge in [0.15, 0.2) is 11.5 Å². The van der Waals surface area contributed by atoms with E-state index >= 15 is 0 Å². The second-order valence-corrected chi connectivity index (χ2v) is 5.70. The number of esters is 1. The number of methoxy groups -OCH3 is 1. The van der Waals surface area contributed by atoms with E-state index in [0.717, 1.165) is 0 Å². The Kier molecular flexibility index (Phi) is 5.15. The van der Waals surface area contributed by atoms with E-state index in [1.165, 1.54) is 7.11 Å². The molecule has 2 rings (SSSR count). The van der Waals surface area contributed by atoms with Gasteiger partial charge in [-0.15, -0.1) is 0 Å². The van der Waals surface area contributed by atoms with Crippen molar-refractivity contribution in [2.24, 2.45) is 0 Å². The fourth-order valence-corrected chi connectivity index (χ4v) is 2.80. The van der Waals surface area contributed by atoms with E-state index in [1.54, 1.807) is 26.0 Å². The summed E-state index contributed by atoms with van der Waals surface area (Å²) < 4.78 is 10.6. The molecule has 124 valence electrons. The lowest BCUT2D eigenvalue weighted by molar-refractivity contribution is -0.139. The summed E-state index contributed by atoms with van der Waals surface area (Å²) in [5, 5.41) is 15.2. The van der Waals surface area contributed by atoms with E-state index in [4.69, 9.17) is 9.47 Å². The maximum Gasteiger partial charge on any atom is 0.338 e. The van der Waals surface area contributed by atoms with Crippen LogP contribution in [0.25, 0.3) is 0 Å². The molecule has 23 heavy (non-hydrogen) atoms. The van der Waals surface area contributed by atoms with Crippen LogP contribution >= 0.6 is 15.9 Å². The number of allylic oxidation sites excluding steroid dienone is 1. The van der Waals surface area contributed by atoms with Crippen molar-refractivity contribution in [2.45, 2.75) is 19.9 Å². The Morgan fingerprint density at radius 1 is 1.43 bits per heavy atom. The van der Waals surface area contributed by atoms with E-state index in [-0.39, 0.29) is 18.1 Å². The number of aromatic hydroxyl groups is 1. The van der Waals surface area contributed by atoms with Crippen LogP contribution in [0.2, 0.25) is 0 Å². The fraction of sp³-hybridized carbons (Fsp3) is 0.333. The molecule has 0 spiro atoms.